The second-order valence-corrected chi connectivity index (χ2v) is 9.07. The summed E-state index contributed by atoms with van der Waals surface area (Å²) in [5.74, 6) is -0.270. The van der Waals surface area contributed by atoms with Gasteiger partial charge in [0, 0.05) is 15.2 Å². The maximum atomic E-state index is 13.6. The molecular weight excluding hydrogens is 478 g/mol. The van der Waals surface area contributed by atoms with E-state index in [1.54, 1.807) is 35.2 Å². The fourth-order valence-electron chi connectivity index (χ4n) is 4.08. The van der Waals surface area contributed by atoms with Crippen molar-refractivity contribution in [2.24, 2.45) is 0 Å². The third-order valence-electron chi connectivity index (χ3n) is 5.77. The molecule has 3 aromatic carbocycles. The zero-order valence-electron chi connectivity index (χ0n) is 16.8. The smallest absolute Gasteiger partial charge is 0.295 e. The Balaban J connectivity index is 1.83. The Hall–Kier alpha value is -2.89. The molecule has 4 aromatic rings. The van der Waals surface area contributed by atoms with Gasteiger partial charge < -0.3 is 4.42 Å². The van der Waals surface area contributed by atoms with Gasteiger partial charge in [0.2, 0.25) is 5.76 Å². The minimum Gasteiger partial charge on any atom is -0.450 e. The van der Waals surface area contributed by atoms with E-state index in [4.69, 9.17) is 16.0 Å². The lowest BCUT2D eigenvalue weighted by Gasteiger charge is -2.26. The van der Waals surface area contributed by atoms with Crippen LogP contribution in [0.3, 0.4) is 0 Å². The molecule has 0 saturated carbocycles. The summed E-state index contributed by atoms with van der Waals surface area (Å²) < 4.78 is 6.76. The van der Waals surface area contributed by atoms with Gasteiger partial charge in [-0.3, -0.25) is 14.5 Å². The molecule has 0 N–H and O–H groups in total. The normalized spacial score (nSPS) is 15.5. The molecule has 6 heteroatoms. The van der Waals surface area contributed by atoms with Crippen LogP contribution in [0.4, 0.5) is 5.69 Å². The van der Waals surface area contributed by atoms with Crippen molar-refractivity contribution in [3.8, 4) is 0 Å². The van der Waals surface area contributed by atoms with Crippen molar-refractivity contribution in [3.63, 3.8) is 0 Å². The van der Waals surface area contributed by atoms with Crippen LogP contribution in [0.25, 0.3) is 11.0 Å². The van der Waals surface area contributed by atoms with Gasteiger partial charge >= 0.3 is 0 Å². The Bertz CT molecular complexity index is 1440. The van der Waals surface area contributed by atoms with Crippen LogP contribution in [0.15, 0.2) is 74.3 Å². The highest BCUT2D eigenvalue weighted by atomic mass is 79.9. The maximum Gasteiger partial charge on any atom is 0.295 e. The van der Waals surface area contributed by atoms with Crippen molar-refractivity contribution in [1.82, 2.24) is 0 Å². The van der Waals surface area contributed by atoms with E-state index in [9.17, 15) is 9.59 Å². The maximum absolute atomic E-state index is 13.6. The molecule has 0 aliphatic carbocycles. The summed E-state index contributed by atoms with van der Waals surface area (Å²) in [5, 5.41) is 0.959. The number of fused-ring (bicyclic) bond motifs is 2. The van der Waals surface area contributed by atoms with Crippen molar-refractivity contribution < 1.29 is 9.21 Å². The molecule has 154 valence electrons. The first-order chi connectivity index (χ1) is 14.8. The monoisotopic (exact) mass is 493 g/mol. The quantitative estimate of drug-likeness (QED) is 0.316. The molecule has 2 heterocycles. The van der Waals surface area contributed by atoms with E-state index in [0.29, 0.717) is 27.2 Å². The fraction of sp³-hybridized carbons (Fsp3) is 0.120. The van der Waals surface area contributed by atoms with E-state index >= 15 is 0 Å². The highest BCUT2D eigenvalue weighted by molar-refractivity contribution is 9.10. The number of hydrogen-bond acceptors (Lipinski definition) is 3. The minimum absolute atomic E-state index is 0.0722. The average molecular weight is 495 g/mol. The Morgan fingerprint density at radius 2 is 1.77 bits per heavy atom. The summed E-state index contributed by atoms with van der Waals surface area (Å²) in [6, 6.07) is 17.6. The first-order valence-corrected chi connectivity index (χ1v) is 10.9. The number of halogens is 2. The van der Waals surface area contributed by atoms with Crippen LogP contribution in [0.5, 0.6) is 0 Å². The van der Waals surface area contributed by atoms with Gasteiger partial charge in [-0.1, -0.05) is 45.7 Å². The number of anilines is 1. The molecule has 0 fully saturated rings. The van der Waals surface area contributed by atoms with Gasteiger partial charge in [-0.05, 0) is 73.0 Å². The summed E-state index contributed by atoms with van der Waals surface area (Å²) in [4.78, 5) is 28.8. The molecule has 1 aromatic heterocycles. The molecule has 1 aliphatic rings. The molecule has 1 amide bonds. The van der Waals surface area contributed by atoms with E-state index in [1.807, 2.05) is 44.2 Å². The summed E-state index contributed by atoms with van der Waals surface area (Å²) in [7, 11) is 0. The molecule has 5 rings (SSSR count). The highest BCUT2D eigenvalue weighted by Crippen LogP contribution is 2.42. The van der Waals surface area contributed by atoms with Gasteiger partial charge in [0.25, 0.3) is 5.91 Å². The first-order valence-electron chi connectivity index (χ1n) is 9.77. The van der Waals surface area contributed by atoms with E-state index in [2.05, 4.69) is 15.9 Å². The van der Waals surface area contributed by atoms with Crippen LogP contribution in [-0.4, -0.2) is 5.91 Å². The van der Waals surface area contributed by atoms with Crippen LogP contribution in [0.1, 0.15) is 38.9 Å². The molecular formula is C25H17BrClNO3. The topological polar surface area (TPSA) is 50.5 Å². The Morgan fingerprint density at radius 3 is 2.52 bits per heavy atom. The second-order valence-electron chi connectivity index (χ2n) is 7.72. The van der Waals surface area contributed by atoms with Gasteiger partial charge in [0.15, 0.2) is 5.43 Å². The highest BCUT2D eigenvalue weighted by Gasteiger charge is 2.43. The number of benzene rings is 3. The molecule has 0 bridgehead atoms. The summed E-state index contributed by atoms with van der Waals surface area (Å²) in [6.07, 6.45) is 0. The summed E-state index contributed by atoms with van der Waals surface area (Å²) in [5.41, 5.74) is 4.12. The van der Waals surface area contributed by atoms with Gasteiger partial charge in [-0.25, -0.2) is 0 Å². The predicted molar refractivity (Wildman–Crippen MR) is 126 cm³/mol. The van der Waals surface area contributed by atoms with E-state index in [1.165, 1.54) is 0 Å². The Labute approximate surface area is 192 Å². The predicted octanol–water partition coefficient (Wildman–Crippen LogP) is 6.58. The summed E-state index contributed by atoms with van der Waals surface area (Å²) >= 11 is 9.69. The number of amides is 1. The van der Waals surface area contributed by atoms with Crippen molar-refractivity contribution in [2.75, 3.05) is 4.90 Å². The van der Waals surface area contributed by atoms with Crippen LogP contribution >= 0.6 is 27.5 Å². The SMILES string of the molecule is Cc1ccc(N2C(=O)c3oc4ccc(Br)cc4c(=O)c3C2c2cccc(Cl)c2)cc1C. The number of aryl methyl sites for hydroxylation is 2. The van der Waals surface area contributed by atoms with E-state index < -0.39 is 6.04 Å². The van der Waals surface area contributed by atoms with Crippen LogP contribution in [0.2, 0.25) is 5.02 Å². The molecule has 4 nitrogen and oxygen atoms in total. The van der Waals surface area contributed by atoms with Gasteiger partial charge in [0.05, 0.1) is 17.0 Å². The molecule has 31 heavy (non-hydrogen) atoms. The van der Waals surface area contributed by atoms with Crippen molar-refractivity contribution in [1.29, 1.82) is 0 Å². The van der Waals surface area contributed by atoms with E-state index in [0.717, 1.165) is 21.2 Å². The number of carbonyl (C=O) groups is 1. The Morgan fingerprint density at radius 1 is 0.968 bits per heavy atom. The van der Waals surface area contributed by atoms with Crippen molar-refractivity contribution in [2.45, 2.75) is 19.9 Å². The summed E-state index contributed by atoms with van der Waals surface area (Å²) in [6.45, 7) is 4.01. The second kappa shape index (κ2) is 7.36. The van der Waals surface area contributed by atoms with Gasteiger partial charge in [-0.2, -0.15) is 0 Å². The lowest BCUT2D eigenvalue weighted by Crippen LogP contribution is -2.29. The number of rotatable bonds is 2. The van der Waals surface area contributed by atoms with Crippen LogP contribution in [0, 0.1) is 13.8 Å². The number of nitrogens with zero attached hydrogens (tertiary/aromatic N) is 1. The molecule has 0 saturated heterocycles. The van der Waals surface area contributed by atoms with Crippen LogP contribution in [-0.2, 0) is 0 Å². The van der Waals surface area contributed by atoms with E-state index in [-0.39, 0.29) is 17.1 Å². The first kappa shape index (κ1) is 20.0. The lowest BCUT2D eigenvalue weighted by atomic mass is 9.98. The third-order valence-corrected chi connectivity index (χ3v) is 6.49. The Kier molecular flexibility index (Phi) is 4.76. The molecule has 1 unspecified atom stereocenters. The van der Waals surface area contributed by atoms with Crippen LogP contribution < -0.4 is 10.3 Å². The lowest BCUT2D eigenvalue weighted by molar-refractivity contribution is 0.0971. The zero-order chi connectivity index (χ0) is 21.9. The standard InChI is InChI=1S/C25H17BrClNO3/c1-13-6-8-18(10-14(13)2)28-22(15-4-3-5-17(27)11-15)21-23(29)19-12-16(26)7-9-20(19)31-24(21)25(28)30/h3-12,22H,1-2H3. The minimum atomic E-state index is -0.636. The third kappa shape index (κ3) is 3.20. The van der Waals surface area contributed by atoms with Crippen molar-refractivity contribution >= 4 is 50.1 Å². The largest absolute Gasteiger partial charge is 0.450 e. The average Bonchev–Trinajstić information content (AvgIpc) is 3.03. The van der Waals surface area contributed by atoms with Gasteiger partial charge in [0.1, 0.15) is 5.58 Å². The molecule has 0 spiro atoms. The van der Waals surface area contributed by atoms with Gasteiger partial charge in [-0.15, -0.1) is 0 Å². The fourth-order valence-corrected chi connectivity index (χ4v) is 4.64. The molecule has 0 radical (unpaired) electrons. The number of hydrogen-bond donors (Lipinski definition) is 0. The zero-order valence-corrected chi connectivity index (χ0v) is 19.1. The molecule has 1 aliphatic heterocycles. The number of carbonyl (C=O) groups excluding carboxylic acids is 1. The molecule has 1 atom stereocenters. The van der Waals surface area contributed by atoms with Crippen molar-refractivity contribution in [3.05, 3.63) is 108 Å².